The van der Waals surface area contributed by atoms with E-state index in [9.17, 15) is 4.79 Å². The molecule has 1 saturated heterocycles. The molecule has 0 N–H and O–H groups in total. The summed E-state index contributed by atoms with van der Waals surface area (Å²) < 4.78 is 0. The lowest BCUT2D eigenvalue weighted by atomic mass is 9.94. The van der Waals surface area contributed by atoms with E-state index in [1.165, 1.54) is 12.5 Å². The minimum atomic E-state index is -0.0155. The van der Waals surface area contributed by atoms with E-state index >= 15 is 0 Å². The standard InChI is InChI=1S/C14H18ClNO.C3H8/c1-5-13(10(3)11(4)15)12-7-8-16(9-12)14(17)6-2;1-3-2/h5-6,12H,1-2,4,7-9H2,3H3;3H2,1-2H3/b13-10+;. The zero-order valence-electron chi connectivity index (χ0n) is 12.9. The van der Waals surface area contributed by atoms with Crippen molar-refractivity contribution < 1.29 is 4.79 Å². The van der Waals surface area contributed by atoms with Gasteiger partial charge in [-0.3, -0.25) is 4.79 Å². The van der Waals surface area contributed by atoms with Crippen molar-refractivity contribution in [3.05, 3.63) is 48.1 Å². The molecule has 3 heteroatoms. The van der Waals surface area contributed by atoms with Crippen LogP contribution in [-0.4, -0.2) is 23.9 Å². The molecule has 1 unspecified atom stereocenters. The molecule has 0 aromatic carbocycles. The van der Waals surface area contributed by atoms with E-state index in [1.54, 1.807) is 4.90 Å². The normalized spacial score (nSPS) is 18.6. The van der Waals surface area contributed by atoms with Gasteiger partial charge >= 0.3 is 0 Å². The molecule has 0 radical (unpaired) electrons. The molecule has 1 amide bonds. The van der Waals surface area contributed by atoms with Gasteiger partial charge in [0.15, 0.2) is 0 Å². The number of likely N-dealkylation sites (tertiary alicyclic amines) is 1. The predicted molar refractivity (Wildman–Crippen MR) is 88.7 cm³/mol. The van der Waals surface area contributed by atoms with E-state index < -0.39 is 0 Å². The van der Waals surface area contributed by atoms with Crippen molar-refractivity contribution in [2.45, 2.75) is 33.6 Å². The first-order valence-corrected chi connectivity index (χ1v) is 7.39. The Morgan fingerprint density at radius 2 is 1.90 bits per heavy atom. The summed E-state index contributed by atoms with van der Waals surface area (Å²) in [5.74, 6) is 0.283. The minimum absolute atomic E-state index is 0.0155. The number of carbonyl (C=O) groups excluding carboxylic acids is 1. The van der Waals surface area contributed by atoms with Crippen molar-refractivity contribution in [3.63, 3.8) is 0 Å². The molecule has 1 atom stereocenters. The van der Waals surface area contributed by atoms with Crippen LogP contribution in [0.15, 0.2) is 48.1 Å². The summed E-state index contributed by atoms with van der Waals surface area (Å²) in [5.41, 5.74) is 2.05. The average molecular weight is 296 g/mol. The molecule has 1 aliphatic heterocycles. The first-order chi connectivity index (χ1) is 9.42. The number of carbonyl (C=O) groups is 1. The monoisotopic (exact) mass is 295 g/mol. The van der Waals surface area contributed by atoms with Crippen LogP contribution in [0.1, 0.15) is 33.6 Å². The molecule has 0 aliphatic carbocycles. The third-order valence-electron chi connectivity index (χ3n) is 3.17. The van der Waals surface area contributed by atoms with Crippen molar-refractivity contribution in [1.29, 1.82) is 0 Å². The predicted octanol–water partition coefficient (Wildman–Crippen LogP) is 4.69. The van der Waals surface area contributed by atoms with Gasteiger partial charge in [0.05, 0.1) is 0 Å². The van der Waals surface area contributed by atoms with Crippen LogP contribution in [0.2, 0.25) is 0 Å². The molecule has 0 saturated carbocycles. The Hall–Kier alpha value is -1.28. The van der Waals surface area contributed by atoms with Crippen molar-refractivity contribution >= 4 is 17.5 Å². The maximum absolute atomic E-state index is 11.5. The van der Waals surface area contributed by atoms with E-state index in [-0.39, 0.29) is 5.91 Å². The second-order valence-corrected chi connectivity index (χ2v) is 5.33. The Labute approximate surface area is 128 Å². The number of hydrogen-bond donors (Lipinski definition) is 0. The molecule has 1 fully saturated rings. The zero-order chi connectivity index (χ0) is 15.7. The first-order valence-electron chi connectivity index (χ1n) is 7.02. The Morgan fingerprint density at radius 1 is 1.35 bits per heavy atom. The largest absolute Gasteiger partial charge is 0.339 e. The van der Waals surface area contributed by atoms with Crippen molar-refractivity contribution in [2.75, 3.05) is 13.1 Å². The SMILES string of the molecule is C=CC(=O)N1CCC(/C(C=C)=C(\C)C(=C)Cl)C1.CCC. The van der Waals surface area contributed by atoms with E-state index in [0.29, 0.717) is 17.5 Å². The molecule has 2 nitrogen and oxygen atoms in total. The molecule has 0 spiro atoms. The lowest BCUT2D eigenvalue weighted by Gasteiger charge is -2.16. The molecule has 112 valence electrons. The zero-order valence-corrected chi connectivity index (χ0v) is 13.7. The number of nitrogens with zero attached hydrogens (tertiary/aromatic N) is 1. The van der Waals surface area contributed by atoms with Gasteiger partial charge in [0.25, 0.3) is 0 Å². The Balaban J connectivity index is 0.00000110. The van der Waals surface area contributed by atoms with Gasteiger partial charge < -0.3 is 4.90 Å². The van der Waals surface area contributed by atoms with Gasteiger partial charge in [-0.15, -0.1) is 0 Å². The molecule has 0 aromatic heterocycles. The molecular formula is C17H26ClNO. The van der Waals surface area contributed by atoms with E-state index in [4.69, 9.17) is 11.6 Å². The smallest absolute Gasteiger partial charge is 0.245 e. The van der Waals surface area contributed by atoms with Gasteiger partial charge in [-0.2, -0.15) is 0 Å². The van der Waals surface area contributed by atoms with Gasteiger partial charge in [-0.1, -0.05) is 57.7 Å². The number of amides is 1. The summed E-state index contributed by atoms with van der Waals surface area (Å²) >= 11 is 5.91. The van der Waals surface area contributed by atoms with E-state index in [2.05, 4.69) is 33.6 Å². The van der Waals surface area contributed by atoms with Crippen LogP contribution >= 0.6 is 11.6 Å². The summed E-state index contributed by atoms with van der Waals surface area (Å²) in [6, 6.07) is 0. The van der Waals surface area contributed by atoms with Gasteiger partial charge in [0, 0.05) is 24.0 Å². The van der Waals surface area contributed by atoms with Crippen molar-refractivity contribution in [3.8, 4) is 0 Å². The Morgan fingerprint density at radius 3 is 2.30 bits per heavy atom. The highest BCUT2D eigenvalue weighted by Gasteiger charge is 2.27. The highest BCUT2D eigenvalue weighted by atomic mass is 35.5. The molecular weight excluding hydrogens is 270 g/mol. The Bertz CT molecular complexity index is 409. The quantitative estimate of drug-likeness (QED) is 0.544. The molecule has 1 heterocycles. The lowest BCUT2D eigenvalue weighted by Crippen LogP contribution is -2.26. The van der Waals surface area contributed by atoms with E-state index in [1.807, 2.05) is 13.0 Å². The third-order valence-corrected chi connectivity index (χ3v) is 3.46. The number of hydrogen-bond acceptors (Lipinski definition) is 1. The van der Waals surface area contributed by atoms with Crippen LogP contribution in [-0.2, 0) is 4.79 Å². The summed E-state index contributed by atoms with van der Waals surface area (Å²) in [6.07, 6.45) is 5.35. The van der Waals surface area contributed by atoms with Gasteiger partial charge in [-0.05, 0) is 30.6 Å². The summed E-state index contributed by atoms with van der Waals surface area (Å²) in [7, 11) is 0. The van der Waals surface area contributed by atoms with Crippen LogP contribution in [0.3, 0.4) is 0 Å². The highest BCUT2D eigenvalue weighted by molar-refractivity contribution is 6.31. The van der Waals surface area contributed by atoms with Gasteiger partial charge in [0.1, 0.15) is 0 Å². The lowest BCUT2D eigenvalue weighted by molar-refractivity contribution is -0.125. The topological polar surface area (TPSA) is 20.3 Å². The van der Waals surface area contributed by atoms with Gasteiger partial charge in [0.2, 0.25) is 5.91 Å². The van der Waals surface area contributed by atoms with E-state index in [0.717, 1.165) is 24.1 Å². The highest BCUT2D eigenvalue weighted by Crippen LogP contribution is 2.30. The maximum Gasteiger partial charge on any atom is 0.245 e. The molecule has 0 aromatic rings. The maximum atomic E-state index is 11.5. The van der Waals surface area contributed by atoms with Crippen LogP contribution in [0.25, 0.3) is 0 Å². The van der Waals surface area contributed by atoms with Crippen molar-refractivity contribution in [1.82, 2.24) is 4.90 Å². The first kappa shape index (κ1) is 18.7. The average Bonchev–Trinajstić information content (AvgIpc) is 2.89. The Kier molecular flexibility index (Phi) is 8.98. The molecule has 0 bridgehead atoms. The second-order valence-electron chi connectivity index (χ2n) is 4.87. The van der Waals surface area contributed by atoms with Crippen LogP contribution in [0, 0.1) is 5.92 Å². The fourth-order valence-electron chi connectivity index (χ4n) is 2.13. The second kappa shape index (κ2) is 9.60. The van der Waals surface area contributed by atoms with Crippen LogP contribution < -0.4 is 0 Å². The molecule has 1 rings (SSSR count). The van der Waals surface area contributed by atoms with Crippen molar-refractivity contribution in [2.24, 2.45) is 5.92 Å². The third kappa shape index (κ3) is 5.38. The molecule has 1 aliphatic rings. The summed E-state index contributed by atoms with van der Waals surface area (Å²) in [5, 5.41) is 0.536. The van der Waals surface area contributed by atoms with Crippen LogP contribution in [0.5, 0.6) is 0 Å². The van der Waals surface area contributed by atoms with Gasteiger partial charge in [-0.25, -0.2) is 0 Å². The summed E-state index contributed by atoms with van der Waals surface area (Å²) in [6.45, 7) is 18.7. The van der Waals surface area contributed by atoms with Crippen LogP contribution in [0.4, 0.5) is 0 Å². The number of rotatable bonds is 4. The number of allylic oxidation sites excluding steroid dienone is 3. The summed E-state index contributed by atoms with van der Waals surface area (Å²) in [4.78, 5) is 13.3. The number of halogens is 1. The fourth-order valence-corrected chi connectivity index (χ4v) is 2.24. The minimum Gasteiger partial charge on any atom is -0.339 e. The fraction of sp³-hybridized carbons (Fsp3) is 0.471. The molecule has 20 heavy (non-hydrogen) atoms.